The summed E-state index contributed by atoms with van der Waals surface area (Å²) >= 11 is 5.95. The van der Waals surface area contributed by atoms with E-state index >= 15 is 0 Å². The first kappa shape index (κ1) is 24.7. The summed E-state index contributed by atoms with van der Waals surface area (Å²) in [5.41, 5.74) is 1.15. The van der Waals surface area contributed by atoms with Gasteiger partial charge in [-0.15, -0.1) is 0 Å². The molecule has 1 atom stereocenters. The van der Waals surface area contributed by atoms with E-state index in [2.05, 4.69) is 5.32 Å². The third kappa shape index (κ3) is 7.25. The van der Waals surface area contributed by atoms with Crippen molar-refractivity contribution in [3.05, 3.63) is 65.2 Å². The molecule has 9 heteroatoms. The van der Waals surface area contributed by atoms with Crippen molar-refractivity contribution in [2.24, 2.45) is 0 Å². The number of amides is 2. The summed E-state index contributed by atoms with van der Waals surface area (Å²) in [6.07, 6.45) is 1.05. The third-order valence-electron chi connectivity index (χ3n) is 4.59. The number of sulfonamides is 1. The minimum atomic E-state index is -3.72. The zero-order chi connectivity index (χ0) is 23.2. The number of halogens is 1. The van der Waals surface area contributed by atoms with Gasteiger partial charge in [0.2, 0.25) is 21.8 Å². The van der Waals surface area contributed by atoms with Crippen molar-refractivity contribution in [1.82, 2.24) is 10.2 Å². The highest BCUT2D eigenvalue weighted by atomic mass is 35.5. The van der Waals surface area contributed by atoms with Gasteiger partial charge in [-0.25, -0.2) is 8.42 Å². The molecule has 2 aromatic rings. The Bertz CT molecular complexity index is 995. The molecule has 2 rings (SSSR count). The van der Waals surface area contributed by atoms with Crippen LogP contribution in [0.25, 0.3) is 0 Å². The SMILES string of the molecule is CC(C)NC(=O)[C@@H](C)N(Cc1ccc(Cl)cc1)C(=O)CN(c1ccccc1)S(C)(=O)=O. The molecule has 2 amide bonds. The molecule has 0 radical (unpaired) electrons. The van der Waals surface area contributed by atoms with E-state index < -0.39 is 28.5 Å². The maximum atomic E-state index is 13.3. The predicted molar refractivity (Wildman–Crippen MR) is 123 cm³/mol. The molecule has 0 aromatic heterocycles. The van der Waals surface area contributed by atoms with Crippen LogP contribution in [0.4, 0.5) is 5.69 Å². The van der Waals surface area contributed by atoms with E-state index in [1.54, 1.807) is 61.5 Å². The lowest BCUT2D eigenvalue weighted by Gasteiger charge is -2.31. The second kappa shape index (κ2) is 10.6. The van der Waals surface area contributed by atoms with Gasteiger partial charge in [-0.05, 0) is 50.6 Å². The predicted octanol–water partition coefficient (Wildman–Crippen LogP) is 3.05. The van der Waals surface area contributed by atoms with Crippen LogP contribution in [0.3, 0.4) is 0 Å². The lowest BCUT2D eigenvalue weighted by Crippen LogP contribution is -2.52. The Morgan fingerprint density at radius 3 is 2.10 bits per heavy atom. The molecule has 0 aliphatic carbocycles. The maximum absolute atomic E-state index is 13.3. The average Bonchev–Trinajstić information content (AvgIpc) is 2.70. The highest BCUT2D eigenvalue weighted by molar-refractivity contribution is 7.92. The summed E-state index contributed by atoms with van der Waals surface area (Å²) in [5.74, 6) is -0.807. The third-order valence-corrected chi connectivity index (χ3v) is 5.98. The minimum Gasteiger partial charge on any atom is -0.352 e. The molecule has 1 N–H and O–H groups in total. The fraction of sp³-hybridized carbons (Fsp3) is 0.364. The Hall–Kier alpha value is -2.58. The van der Waals surface area contributed by atoms with Gasteiger partial charge in [0, 0.05) is 17.6 Å². The van der Waals surface area contributed by atoms with Crippen molar-refractivity contribution >= 4 is 39.1 Å². The first-order valence-corrected chi connectivity index (χ1v) is 12.1. The van der Waals surface area contributed by atoms with Crippen LogP contribution in [0, 0.1) is 0 Å². The van der Waals surface area contributed by atoms with Crippen molar-refractivity contribution in [2.75, 3.05) is 17.1 Å². The van der Waals surface area contributed by atoms with Crippen LogP contribution < -0.4 is 9.62 Å². The van der Waals surface area contributed by atoms with Crippen LogP contribution in [0.15, 0.2) is 54.6 Å². The molecule has 0 saturated carbocycles. The molecule has 0 fully saturated rings. The monoisotopic (exact) mass is 465 g/mol. The Labute approximate surface area is 189 Å². The summed E-state index contributed by atoms with van der Waals surface area (Å²) in [4.78, 5) is 27.3. The van der Waals surface area contributed by atoms with Gasteiger partial charge in [-0.2, -0.15) is 0 Å². The zero-order valence-corrected chi connectivity index (χ0v) is 19.7. The molecule has 0 spiro atoms. The van der Waals surface area contributed by atoms with E-state index in [-0.39, 0.29) is 18.5 Å². The minimum absolute atomic E-state index is 0.0979. The number of anilines is 1. The van der Waals surface area contributed by atoms with Gasteiger partial charge < -0.3 is 10.2 Å². The standard InChI is InChI=1S/C22H28ClN3O4S/c1-16(2)24-22(28)17(3)25(14-18-10-12-19(23)13-11-18)21(27)15-26(31(4,29)30)20-8-6-5-7-9-20/h5-13,16-17H,14-15H2,1-4H3,(H,24,28)/t17-/m1/s1. The van der Waals surface area contributed by atoms with Crippen molar-refractivity contribution in [3.8, 4) is 0 Å². The molecule has 0 aliphatic rings. The van der Waals surface area contributed by atoms with Crippen LogP contribution >= 0.6 is 11.6 Å². The molecular formula is C22H28ClN3O4S. The van der Waals surface area contributed by atoms with Crippen LogP contribution in [-0.4, -0.2) is 50.0 Å². The number of carbonyl (C=O) groups is 2. The number of hydrogen-bond acceptors (Lipinski definition) is 4. The first-order chi connectivity index (χ1) is 14.5. The van der Waals surface area contributed by atoms with Crippen LogP contribution in [0.2, 0.25) is 5.02 Å². The zero-order valence-electron chi connectivity index (χ0n) is 18.1. The summed E-state index contributed by atoms with van der Waals surface area (Å²) in [6.45, 7) is 5.00. The van der Waals surface area contributed by atoms with E-state index in [0.717, 1.165) is 16.1 Å². The number of benzene rings is 2. The van der Waals surface area contributed by atoms with Gasteiger partial charge in [-0.1, -0.05) is 41.9 Å². The van der Waals surface area contributed by atoms with Crippen molar-refractivity contribution in [3.63, 3.8) is 0 Å². The van der Waals surface area contributed by atoms with E-state index in [1.165, 1.54) is 4.90 Å². The van der Waals surface area contributed by atoms with Gasteiger partial charge in [0.05, 0.1) is 11.9 Å². The Morgan fingerprint density at radius 2 is 1.58 bits per heavy atom. The van der Waals surface area contributed by atoms with Crippen molar-refractivity contribution in [2.45, 2.75) is 39.4 Å². The quantitative estimate of drug-likeness (QED) is 0.616. The molecular weight excluding hydrogens is 438 g/mol. The fourth-order valence-corrected chi connectivity index (χ4v) is 3.96. The second-order valence-electron chi connectivity index (χ2n) is 7.59. The first-order valence-electron chi connectivity index (χ1n) is 9.86. The molecule has 2 aromatic carbocycles. The van der Waals surface area contributed by atoms with E-state index in [0.29, 0.717) is 10.7 Å². The largest absolute Gasteiger partial charge is 0.352 e. The number of rotatable bonds is 9. The van der Waals surface area contributed by atoms with Gasteiger partial charge in [0.15, 0.2) is 0 Å². The van der Waals surface area contributed by atoms with E-state index in [4.69, 9.17) is 11.6 Å². The molecule has 31 heavy (non-hydrogen) atoms. The summed E-state index contributed by atoms with van der Waals surface area (Å²) in [5, 5.41) is 3.36. The Kier molecular flexibility index (Phi) is 8.47. The fourth-order valence-electron chi connectivity index (χ4n) is 2.98. The van der Waals surface area contributed by atoms with Gasteiger partial charge in [0.25, 0.3) is 0 Å². The van der Waals surface area contributed by atoms with Crippen LogP contribution in [-0.2, 0) is 26.2 Å². The van der Waals surface area contributed by atoms with Crippen molar-refractivity contribution in [1.29, 1.82) is 0 Å². The molecule has 0 saturated heterocycles. The van der Waals surface area contributed by atoms with Crippen LogP contribution in [0.5, 0.6) is 0 Å². The number of para-hydroxylation sites is 1. The van der Waals surface area contributed by atoms with Gasteiger partial charge in [0.1, 0.15) is 12.6 Å². The highest BCUT2D eigenvalue weighted by Crippen LogP contribution is 2.19. The molecule has 168 valence electrons. The summed E-state index contributed by atoms with van der Waals surface area (Å²) in [6, 6.07) is 14.4. The molecule has 0 unspecified atom stereocenters. The molecule has 0 bridgehead atoms. The van der Waals surface area contributed by atoms with Gasteiger partial charge in [-0.3, -0.25) is 13.9 Å². The van der Waals surface area contributed by atoms with Gasteiger partial charge >= 0.3 is 0 Å². The van der Waals surface area contributed by atoms with E-state index in [1.807, 2.05) is 13.8 Å². The normalized spacial score (nSPS) is 12.3. The van der Waals surface area contributed by atoms with Crippen molar-refractivity contribution < 1.29 is 18.0 Å². The second-order valence-corrected chi connectivity index (χ2v) is 9.94. The topological polar surface area (TPSA) is 86.8 Å². The maximum Gasteiger partial charge on any atom is 0.244 e. The number of nitrogens with one attached hydrogen (secondary N) is 1. The Balaban J connectivity index is 2.35. The summed E-state index contributed by atoms with van der Waals surface area (Å²) < 4.78 is 25.8. The Morgan fingerprint density at radius 1 is 1.00 bits per heavy atom. The van der Waals surface area contributed by atoms with E-state index in [9.17, 15) is 18.0 Å². The molecule has 0 heterocycles. The number of hydrogen-bond donors (Lipinski definition) is 1. The lowest BCUT2D eigenvalue weighted by atomic mass is 10.1. The smallest absolute Gasteiger partial charge is 0.244 e. The average molecular weight is 466 g/mol. The summed E-state index contributed by atoms with van der Waals surface area (Å²) in [7, 11) is -3.72. The lowest BCUT2D eigenvalue weighted by molar-refractivity contribution is -0.139. The number of nitrogens with zero attached hydrogens (tertiary/aromatic N) is 2. The number of carbonyl (C=O) groups excluding carboxylic acids is 2. The molecule has 7 nitrogen and oxygen atoms in total. The molecule has 0 aliphatic heterocycles. The van der Waals surface area contributed by atoms with Crippen LogP contribution in [0.1, 0.15) is 26.3 Å². The highest BCUT2D eigenvalue weighted by Gasteiger charge is 2.30.